The molecule has 3 amide bonds. The van der Waals surface area contributed by atoms with Gasteiger partial charge in [0.05, 0.1) is 11.4 Å². The molecule has 0 saturated carbocycles. The predicted molar refractivity (Wildman–Crippen MR) is 110 cm³/mol. The van der Waals surface area contributed by atoms with Crippen LogP contribution < -0.4 is 10.2 Å². The van der Waals surface area contributed by atoms with Crippen LogP contribution in [-0.2, 0) is 9.59 Å². The lowest BCUT2D eigenvalue weighted by Gasteiger charge is -2.30. The third-order valence-electron chi connectivity index (χ3n) is 4.77. The third-order valence-corrected chi connectivity index (χ3v) is 6.51. The number of thiazole rings is 1. The third kappa shape index (κ3) is 4.05. The van der Waals surface area contributed by atoms with E-state index in [4.69, 9.17) is 0 Å². The van der Waals surface area contributed by atoms with Crippen molar-refractivity contribution in [1.82, 2.24) is 9.88 Å². The molecule has 9 heteroatoms. The van der Waals surface area contributed by atoms with Crippen LogP contribution in [0.2, 0.25) is 0 Å². The first-order valence-corrected chi connectivity index (χ1v) is 11.0. The molecule has 1 aromatic carbocycles. The number of likely N-dealkylation sites (tertiary alicyclic amines) is 1. The van der Waals surface area contributed by atoms with E-state index in [0.29, 0.717) is 16.4 Å². The van der Waals surface area contributed by atoms with Crippen LogP contribution in [0.1, 0.15) is 29.6 Å². The van der Waals surface area contributed by atoms with Gasteiger partial charge < -0.3 is 15.1 Å². The highest BCUT2D eigenvalue weighted by atomic mass is 32.2. The molecule has 0 atom stereocenters. The Morgan fingerprint density at radius 1 is 1.18 bits per heavy atom. The Labute approximate surface area is 171 Å². The number of carbonyl (C=O) groups excluding carboxylic acids is 3. The molecular formula is C19H20N4O3S2. The van der Waals surface area contributed by atoms with Crippen LogP contribution in [0.25, 0.3) is 0 Å². The molecule has 2 aromatic rings. The zero-order valence-corrected chi connectivity index (χ0v) is 16.9. The molecule has 0 bridgehead atoms. The molecule has 1 saturated heterocycles. The van der Waals surface area contributed by atoms with Gasteiger partial charge in [-0.3, -0.25) is 14.4 Å². The fourth-order valence-electron chi connectivity index (χ4n) is 3.38. The highest BCUT2D eigenvalue weighted by Crippen LogP contribution is 2.36. The van der Waals surface area contributed by atoms with Gasteiger partial charge in [0.1, 0.15) is 6.54 Å². The van der Waals surface area contributed by atoms with Crippen molar-refractivity contribution in [3.8, 4) is 0 Å². The van der Waals surface area contributed by atoms with E-state index in [1.165, 1.54) is 28.0 Å². The lowest BCUT2D eigenvalue weighted by molar-refractivity contribution is -0.120. The van der Waals surface area contributed by atoms with Crippen LogP contribution in [0.4, 0.5) is 10.8 Å². The van der Waals surface area contributed by atoms with Crippen LogP contribution in [0.15, 0.2) is 34.7 Å². The molecule has 0 spiro atoms. The van der Waals surface area contributed by atoms with Gasteiger partial charge >= 0.3 is 0 Å². The molecule has 7 nitrogen and oxygen atoms in total. The monoisotopic (exact) mass is 416 g/mol. The summed E-state index contributed by atoms with van der Waals surface area (Å²) in [5.74, 6) is -0.197. The predicted octanol–water partition coefficient (Wildman–Crippen LogP) is 2.85. The summed E-state index contributed by atoms with van der Waals surface area (Å²) in [5.41, 5.74) is 1.18. The lowest BCUT2D eigenvalue weighted by atomic mass is 10.1. The van der Waals surface area contributed by atoms with Crippen molar-refractivity contribution < 1.29 is 14.4 Å². The van der Waals surface area contributed by atoms with Gasteiger partial charge in [-0.25, -0.2) is 4.98 Å². The van der Waals surface area contributed by atoms with Gasteiger partial charge in [-0.1, -0.05) is 0 Å². The van der Waals surface area contributed by atoms with Crippen molar-refractivity contribution in [2.24, 2.45) is 0 Å². The number of fused-ring (bicyclic) bond motifs is 1. The van der Waals surface area contributed by atoms with Gasteiger partial charge in [0.2, 0.25) is 11.8 Å². The first kappa shape index (κ1) is 18.9. The van der Waals surface area contributed by atoms with E-state index in [1.54, 1.807) is 17.6 Å². The Hall–Kier alpha value is -2.39. The van der Waals surface area contributed by atoms with E-state index < -0.39 is 0 Å². The number of aromatic nitrogens is 1. The van der Waals surface area contributed by atoms with E-state index in [2.05, 4.69) is 10.3 Å². The molecule has 2 aliphatic rings. The molecule has 1 N–H and O–H groups in total. The van der Waals surface area contributed by atoms with E-state index >= 15 is 0 Å². The van der Waals surface area contributed by atoms with Gasteiger partial charge in [0.25, 0.3) is 5.91 Å². The van der Waals surface area contributed by atoms with Crippen molar-refractivity contribution in [2.45, 2.75) is 24.2 Å². The molecule has 1 fully saturated rings. The number of rotatable bonds is 4. The van der Waals surface area contributed by atoms with Crippen molar-refractivity contribution >= 4 is 51.6 Å². The number of thioether (sulfide) groups is 1. The minimum atomic E-state index is -0.311. The second-order valence-corrected chi connectivity index (χ2v) is 8.60. The highest BCUT2D eigenvalue weighted by molar-refractivity contribution is 8.00. The van der Waals surface area contributed by atoms with E-state index in [0.717, 1.165) is 37.2 Å². The van der Waals surface area contributed by atoms with Crippen LogP contribution >= 0.6 is 23.1 Å². The van der Waals surface area contributed by atoms with Crippen LogP contribution in [0, 0.1) is 0 Å². The average Bonchev–Trinajstić information content (AvgIpc) is 3.23. The van der Waals surface area contributed by atoms with Gasteiger partial charge in [-0.2, -0.15) is 0 Å². The summed E-state index contributed by atoms with van der Waals surface area (Å²) in [6.07, 6.45) is 4.81. The summed E-state index contributed by atoms with van der Waals surface area (Å²) in [6, 6.07) is 5.43. The molecule has 28 heavy (non-hydrogen) atoms. The molecule has 4 rings (SSSR count). The number of nitrogens with zero attached hydrogens (tertiary/aromatic N) is 3. The summed E-state index contributed by atoms with van der Waals surface area (Å²) < 4.78 is 0. The van der Waals surface area contributed by atoms with Crippen LogP contribution in [0.3, 0.4) is 0 Å². The van der Waals surface area contributed by atoms with E-state index in [1.807, 2.05) is 17.0 Å². The standard InChI is InChI=1S/C19H20N4O3S2/c24-16(21-19-20-6-9-27-19)11-23-14-10-13(4-5-15(14)28-12-17(23)25)18(26)22-7-2-1-3-8-22/h4-6,9-10H,1-3,7-8,11-12H2,(H,20,21,24). The Morgan fingerprint density at radius 2 is 2.00 bits per heavy atom. The maximum Gasteiger partial charge on any atom is 0.253 e. The number of anilines is 2. The largest absolute Gasteiger partial charge is 0.339 e. The van der Waals surface area contributed by atoms with Gasteiger partial charge in [-0.15, -0.1) is 23.1 Å². The number of amides is 3. The topological polar surface area (TPSA) is 82.6 Å². The first-order chi connectivity index (χ1) is 13.6. The Morgan fingerprint density at radius 3 is 2.75 bits per heavy atom. The maximum atomic E-state index is 12.8. The van der Waals surface area contributed by atoms with Crippen molar-refractivity contribution in [2.75, 3.05) is 35.6 Å². The van der Waals surface area contributed by atoms with Gasteiger partial charge in [0, 0.05) is 35.1 Å². The molecular weight excluding hydrogens is 396 g/mol. The fraction of sp³-hybridized carbons (Fsp3) is 0.368. The molecule has 146 valence electrons. The van der Waals surface area contributed by atoms with Crippen molar-refractivity contribution in [1.29, 1.82) is 0 Å². The van der Waals surface area contributed by atoms with Crippen molar-refractivity contribution in [3.05, 3.63) is 35.3 Å². The molecule has 2 aliphatic heterocycles. The molecule has 1 aromatic heterocycles. The molecule has 0 aliphatic carbocycles. The van der Waals surface area contributed by atoms with E-state index in [-0.39, 0.29) is 30.0 Å². The Balaban J connectivity index is 1.55. The summed E-state index contributed by atoms with van der Waals surface area (Å²) >= 11 is 2.75. The smallest absolute Gasteiger partial charge is 0.253 e. The second-order valence-electron chi connectivity index (χ2n) is 6.69. The van der Waals surface area contributed by atoms with Gasteiger partial charge in [0.15, 0.2) is 5.13 Å². The van der Waals surface area contributed by atoms with Gasteiger partial charge in [-0.05, 0) is 37.5 Å². The number of carbonyl (C=O) groups is 3. The molecule has 3 heterocycles. The quantitative estimate of drug-likeness (QED) is 0.829. The Bertz CT molecular complexity index is 895. The molecule has 0 radical (unpaired) electrons. The zero-order valence-electron chi connectivity index (χ0n) is 15.2. The highest BCUT2D eigenvalue weighted by Gasteiger charge is 2.28. The summed E-state index contributed by atoms with van der Waals surface area (Å²) in [5, 5.41) is 4.97. The SMILES string of the molecule is O=C(CN1C(=O)CSc2ccc(C(=O)N3CCCCC3)cc21)Nc1nccs1. The summed E-state index contributed by atoms with van der Waals surface area (Å²) in [6.45, 7) is 1.43. The number of nitrogens with one attached hydrogen (secondary N) is 1. The minimum absolute atomic E-state index is 0.0160. The van der Waals surface area contributed by atoms with Crippen molar-refractivity contribution in [3.63, 3.8) is 0 Å². The maximum absolute atomic E-state index is 12.8. The number of hydrogen-bond acceptors (Lipinski definition) is 6. The summed E-state index contributed by atoms with van der Waals surface area (Å²) in [7, 11) is 0. The number of hydrogen-bond donors (Lipinski definition) is 1. The summed E-state index contributed by atoms with van der Waals surface area (Å²) in [4.78, 5) is 46.0. The van der Waals surface area contributed by atoms with Crippen LogP contribution in [0.5, 0.6) is 0 Å². The lowest BCUT2D eigenvalue weighted by Crippen LogP contribution is -2.41. The molecule has 0 unspecified atom stereocenters. The zero-order chi connectivity index (χ0) is 19.5. The Kier molecular flexibility index (Phi) is 5.63. The first-order valence-electron chi connectivity index (χ1n) is 9.17. The fourth-order valence-corrected chi connectivity index (χ4v) is 4.84. The minimum Gasteiger partial charge on any atom is -0.339 e. The second kappa shape index (κ2) is 8.32. The van der Waals surface area contributed by atoms with E-state index in [9.17, 15) is 14.4 Å². The van der Waals surface area contributed by atoms with Crippen LogP contribution in [-0.4, -0.2) is 53.0 Å². The number of benzene rings is 1. The average molecular weight is 417 g/mol. The normalized spacial score (nSPS) is 16.6. The number of piperidine rings is 1.